The van der Waals surface area contributed by atoms with Gasteiger partial charge in [0.2, 0.25) is 5.91 Å². The number of halogens is 1. The number of alkyl halides is 1. The number of ether oxygens (including phenoxy) is 9. The molecule has 4 aliphatic carbocycles. The Labute approximate surface area is 417 Å². The van der Waals surface area contributed by atoms with Gasteiger partial charge in [0.1, 0.15) is 61.0 Å². The third-order valence-corrected chi connectivity index (χ3v) is 19.2. The zero-order valence-electron chi connectivity index (χ0n) is 41.8. The lowest BCUT2D eigenvalue weighted by molar-refractivity contribution is -0.389. The van der Waals surface area contributed by atoms with Crippen LogP contribution < -0.4 is 5.32 Å². The summed E-state index contributed by atoms with van der Waals surface area (Å²) in [5.74, 6) is 2.73. The Morgan fingerprint density at radius 2 is 1.53 bits per heavy atom. The second-order valence-corrected chi connectivity index (χ2v) is 23.4. The van der Waals surface area contributed by atoms with Crippen molar-refractivity contribution >= 4 is 17.5 Å². The highest BCUT2D eigenvalue weighted by Crippen LogP contribution is 2.70. The van der Waals surface area contributed by atoms with E-state index in [1.165, 1.54) is 12.5 Å². The largest absolute Gasteiger partial charge is 0.394 e. The minimum Gasteiger partial charge on any atom is -0.394 e. The Kier molecular flexibility index (Phi) is 16.5. The molecule has 19 heteroatoms. The lowest BCUT2D eigenvalue weighted by Crippen LogP contribution is -2.66. The van der Waals surface area contributed by atoms with Crippen LogP contribution in [0.4, 0.5) is 0 Å². The number of carbonyl (C=O) groups excluding carboxylic acids is 1. The molecule has 5 heterocycles. The minimum atomic E-state index is -1.72. The van der Waals surface area contributed by atoms with Gasteiger partial charge in [0.15, 0.2) is 24.7 Å². The highest BCUT2D eigenvalue weighted by molar-refractivity contribution is 6.17. The van der Waals surface area contributed by atoms with Crippen LogP contribution in [0, 0.1) is 46.3 Å². The molecule has 1 spiro atoms. The maximum Gasteiger partial charge on any atom is 0.220 e. The van der Waals surface area contributed by atoms with Crippen LogP contribution in [0.2, 0.25) is 0 Å². The molecule has 0 bridgehead atoms. The monoisotopic (exact) mass is 1020 g/mol. The maximum absolute atomic E-state index is 12.2. The SMILES string of the molecule is C[C@H]1CC[C@@]2(OC1)O[C@H]1CC3[C@@H]4CC=C5C[C@@H](O[C@@H]6O[C@H](CO)[C@@H](O[C@H]7O[C@H](C)[C@@H](OCCNC(=O)CCCCl)[C@H](O)[C@@H]7O)[C@H](O)[C@H]6O[C@H]6O[C@H](C)[C@@H](O)[C@H](O)[C@@H]6O)CC[C@]5(C)[C@H]4CC[C@]3(C)[C@H]1[C@@H]2C. The number of allylic oxidation sites excluding steroid dienone is 1. The average molecular weight is 1020 g/mol. The van der Waals surface area contributed by atoms with E-state index in [1.807, 2.05) is 0 Å². The van der Waals surface area contributed by atoms with E-state index in [1.54, 1.807) is 6.92 Å². The van der Waals surface area contributed by atoms with Gasteiger partial charge in [0, 0.05) is 31.2 Å². The summed E-state index contributed by atoms with van der Waals surface area (Å²) in [5, 5.41) is 80.4. The van der Waals surface area contributed by atoms with Crippen LogP contribution in [0.25, 0.3) is 0 Å². The molecule has 400 valence electrons. The fourth-order valence-electron chi connectivity index (χ4n) is 14.9. The van der Waals surface area contributed by atoms with E-state index in [4.69, 9.17) is 54.2 Å². The van der Waals surface area contributed by atoms with Crippen molar-refractivity contribution in [2.45, 2.75) is 222 Å². The number of amides is 1. The third kappa shape index (κ3) is 9.82. The van der Waals surface area contributed by atoms with E-state index < -0.39 is 105 Å². The molecule has 0 aromatic heterocycles. The molecule has 26 atom stereocenters. The molecule has 1 amide bonds. The second kappa shape index (κ2) is 21.5. The first-order chi connectivity index (χ1) is 33.3. The van der Waals surface area contributed by atoms with Crippen LogP contribution >= 0.6 is 11.6 Å². The number of hydrogen-bond donors (Lipinski definition) is 8. The molecule has 8 fully saturated rings. The Hall–Kier alpha value is -1.14. The predicted octanol–water partition coefficient (Wildman–Crippen LogP) is 2.40. The Morgan fingerprint density at radius 3 is 2.24 bits per heavy atom. The fourth-order valence-corrected chi connectivity index (χ4v) is 15.0. The van der Waals surface area contributed by atoms with E-state index in [-0.39, 0.29) is 48.5 Å². The van der Waals surface area contributed by atoms with Gasteiger partial charge in [0.05, 0.1) is 44.2 Å². The number of nitrogens with one attached hydrogen (secondary N) is 1. The van der Waals surface area contributed by atoms with Crippen LogP contribution in [-0.2, 0) is 47.4 Å². The van der Waals surface area contributed by atoms with Crippen molar-refractivity contribution in [3.05, 3.63) is 11.6 Å². The standard InChI is InChI=1S/C51H82ClNO17/c1-24-11-16-51(63-23-24)25(2)36-33(70-51)21-32-30-10-9-28-20-29(12-14-49(28,5)31(30)13-15-50(32,36)6)66-48-45(69-46-40(59)38(57)37(56)26(3)64-46)42(61)44(34(22-54)67-48)68-47-41(60)39(58)43(27(4)65-47)62-19-18-53-35(55)8-7-17-52/h9,24-27,29-34,36-48,54,56-61H,7-8,10-23H2,1-6H3,(H,53,55)/t24-,25-,26+,27+,29-,30+,31-,32?,33-,34+,36-,37+,38-,39+,40-,41-,42-,43+,44+,45+,46+,47+,48+,49-,50-,51+/m0/s1. The summed E-state index contributed by atoms with van der Waals surface area (Å²) in [7, 11) is 0. The van der Waals surface area contributed by atoms with Crippen molar-refractivity contribution in [2.24, 2.45) is 46.3 Å². The molecule has 1 unspecified atom stereocenters. The molecule has 0 aromatic carbocycles. The molecule has 5 aliphatic heterocycles. The van der Waals surface area contributed by atoms with E-state index >= 15 is 0 Å². The van der Waals surface area contributed by atoms with Crippen molar-refractivity contribution < 1.29 is 83.2 Å². The van der Waals surface area contributed by atoms with Gasteiger partial charge < -0.3 is 83.7 Å². The van der Waals surface area contributed by atoms with E-state index in [0.717, 1.165) is 51.6 Å². The topological polar surface area (TPSA) is 254 Å². The summed E-state index contributed by atoms with van der Waals surface area (Å²) in [4.78, 5) is 12.0. The third-order valence-electron chi connectivity index (χ3n) is 18.9. The zero-order chi connectivity index (χ0) is 50.0. The summed E-state index contributed by atoms with van der Waals surface area (Å²) >= 11 is 5.68. The first-order valence-corrected chi connectivity index (χ1v) is 26.9. The van der Waals surface area contributed by atoms with Crippen molar-refractivity contribution in [3.63, 3.8) is 0 Å². The second-order valence-electron chi connectivity index (χ2n) is 23.0. The van der Waals surface area contributed by atoms with Gasteiger partial charge in [-0.05, 0) is 112 Å². The van der Waals surface area contributed by atoms with Crippen LogP contribution in [0.3, 0.4) is 0 Å². The van der Waals surface area contributed by atoms with Crippen molar-refractivity contribution in [2.75, 3.05) is 32.2 Å². The van der Waals surface area contributed by atoms with Crippen LogP contribution in [0.1, 0.15) is 112 Å². The summed E-state index contributed by atoms with van der Waals surface area (Å²) in [6.07, 6.45) is -9.28. The Balaban J connectivity index is 0.876. The molecule has 8 N–H and O–H groups in total. The van der Waals surface area contributed by atoms with Crippen LogP contribution in [0.15, 0.2) is 11.6 Å². The van der Waals surface area contributed by atoms with E-state index in [2.05, 4.69) is 39.1 Å². The molecule has 70 heavy (non-hydrogen) atoms. The first kappa shape index (κ1) is 53.7. The summed E-state index contributed by atoms with van der Waals surface area (Å²) in [6, 6.07) is 0. The summed E-state index contributed by atoms with van der Waals surface area (Å²) < 4.78 is 56.8. The van der Waals surface area contributed by atoms with Crippen LogP contribution in [0.5, 0.6) is 0 Å². The molecule has 0 aromatic rings. The number of carbonyl (C=O) groups is 1. The fraction of sp³-hybridized carbons (Fsp3) is 0.941. The van der Waals surface area contributed by atoms with E-state index in [0.29, 0.717) is 60.6 Å². The van der Waals surface area contributed by atoms with Gasteiger partial charge in [-0.2, -0.15) is 0 Å². The van der Waals surface area contributed by atoms with Crippen molar-refractivity contribution in [1.29, 1.82) is 0 Å². The quantitative estimate of drug-likeness (QED) is 0.0707. The van der Waals surface area contributed by atoms with Crippen molar-refractivity contribution in [1.82, 2.24) is 5.32 Å². The molecular weight excluding hydrogens is 934 g/mol. The molecule has 0 radical (unpaired) electrons. The molecule has 5 saturated heterocycles. The van der Waals surface area contributed by atoms with E-state index in [9.17, 15) is 40.5 Å². The molecule has 9 rings (SSSR count). The molecule has 18 nitrogen and oxygen atoms in total. The van der Waals surface area contributed by atoms with Gasteiger partial charge in [-0.3, -0.25) is 4.79 Å². The number of rotatable bonds is 14. The molecule has 9 aliphatic rings. The summed E-state index contributed by atoms with van der Waals surface area (Å²) in [6.45, 7) is 13.0. The highest BCUT2D eigenvalue weighted by atomic mass is 35.5. The maximum atomic E-state index is 12.2. The van der Waals surface area contributed by atoms with Gasteiger partial charge >= 0.3 is 0 Å². The number of fused-ring (bicyclic) bond motifs is 7. The smallest absolute Gasteiger partial charge is 0.220 e. The predicted molar refractivity (Wildman–Crippen MR) is 249 cm³/mol. The highest BCUT2D eigenvalue weighted by Gasteiger charge is 2.69. The average Bonchev–Trinajstić information content (AvgIpc) is 3.79. The number of aliphatic hydroxyl groups excluding tert-OH is 7. The lowest BCUT2D eigenvalue weighted by atomic mass is 9.47. The zero-order valence-corrected chi connectivity index (χ0v) is 42.5. The number of hydrogen-bond acceptors (Lipinski definition) is 17. The molecule has 3 saturated carbocycles. The van der Waals surface area contributed by atoms with Crippen LogP contribution in [-0.4, -0.2) is 184 Å². The van der Waals surface area contributed by atoms with Crippen molar-refractivity contribution in [3.8, 4) is 0 Å². The summed E-state index contributed by atoms with van der Waals surface area (Å²) in [5.41, 5.74) is 1.50. The first-order valence-electron chi connectivity index (χ1n) is 26.4. The lowest BCUT2D eigenvalue weighted by Gasteiger charge is -2.58. The molecular formula is C51H82ClNO17. The van der Waals surface area contributed by atoms with Gasteiger partial charge in [0.25, 0.3) is 0 Å². The van der Waals surface area contributed by atoms with Gasteiger partial charge in [-0.15, -0.1) is 11.6 Å². The Morgan fingerprint density at radius 1 is 0.800 bits per heavy atom. The number of aliphatic hydroxyl groups is 7. The van der Waals surface area contributed by atoms with Gasteiger partial charge in [-0.1, -0.05) is 39.3 Å². The minimum absolute atomic E-state index is 0.0208. The normalized spacial score (nSPS) is 52.3. The van der Waals surface area contributed by atoms with Gasteiger partial charge in [-0.25, -0.2) is 0 Å². The Bertz CT molecular complexity index is 1830.